The third kappa shape index (κ3) is 2.88. The Labute approximate surface area is 129 Å². The molecule has 1 unspecified atom stereocenters. The summed E-state index contributed by atoms with van der Waals surface area (Å²) in [6.45, 7) is 0. The first-order valence-electron chi connectivity index (χ1n) is 5.63. The monoisotopic (exact) mass is 352 g/mol. The molecular weight excluding hydrogens is 342 g/mol. The molecule has 9 heteroatoms. The lowest BCUT2D eigenvalue weighted by molar-refractivity contribution is 0.174. The van der Waals surface area contributed by atoms with Crippen molar-refractivity contribution in [3.05, 3.63) is 44.2 Å². The minimum absolute atomic E-state index is 0.0582. The Balaban J connectivity index is 2.70. The molecule has 1 heterocycles. The highest BCUT2D eigenvalue weighted by Gasteiger charge is 2.36. The second kappa shape index (κ2) is 6.08. The first-order chi connectivity index (χ1) is 9.84. The fraction of sp³-hybridized carbons (Fsp3) is 0.250. The minimum atomic E-state index is -3.89. The molecule has 21 heavy (non-hydrogen) atoms. The molecule has 6 nitrogen and oxygen atoms in total. The number of aliphatic hydroxyl groups excluding tert-OH is 1. The summed E-state index contributed by atoms with van der Waals surface area (Å²) in [5, 5.41) is 10.5. The first-order valence-corrected chi connectivity index (χ1v) is 8.00. The van der Waals surface area contributed by atoms with Gasteiger partial charge in [0.25, 0.3) is 0 Å². The highest BCUT2D eigenvalue weighted by Crippen LogP contribution is 2.57. The predicted molar refractivity (Wildman–Crippen MR) is 79.1 cm³/mol. The fourth-order valence-corrected chi connectivity index (χ4v) is 3.41. The quantitative estimate of drug-likeness (QED) is 0.846. The number of halogens is 2. The molecule has 114 valence electrons. The Morgan fingerprint density at radius 1 is 1.29 bits per heavy atom. The van der Waals surface area contributed by atoms with Gasteiger partial charge >= 0.3 is 7.60 Å². The standard InChI is InChI=1S/C12H11Cl2O6P/c1-18-21(17,19-2)12(16)8-5-20-11-7(10(8)15)3-6(13)4-9(11)14/h3-5,12,16H,1-2H3. The summed E-state index contributed by atoms with van der Waals surface area (Å²) in [6.07, 6.45) is 0.972. The Kier molecular flexibility index (Phi) is 4.78. The molecule has 1 aromatic heterocycles. The summed E-state index contributed by atoms with van der Waals surface area (Å²) < 4.78 is 26.7. The highest BCUT2D eigenvalue weighted by atomic mass is 35.5. The molecule has 0 fully saturated rings. The van der Waals surface area contributed by atoms with Crippen LogP contribution in [0.3, 0.4) is 0 Å². The van der Waals surface area contributed by atoms with Gasteiger partial charge < -0.3 is 18.6 Å². The summed E-state index contributed by atoms with van der Waals surface area (Å²) >= 11 is 11.8. The minimum Gasteiger partial charge on any atom is -0.462 e. The van der Waals surface area contributed by atoms with E-state index in [2.05, 4.69) is 9.05 Å². The fourth-order valence-electron chi connectivity index (χ4n) is 1.80. The van der Waals surface area contributed by atoms with Crippen molar-refractivity contribution in [2.75, 3.05) is 14.2 Å². The number of hydrogen-bond donors (Lipinski definition) is 1. The van der Waals surface area contributed by atoms with E-state index < -0.39 is 18.9 Å². The van der Waals surface area contributed by atoms with Gasteiger partial charge in [0.1, 0.15) is 6.26 Å². The van der Waals surface area contributed by atoms with E-state index in [0.29, 0.717) is 0 Å². The number of rotatable bonds is 4. The van der Waals surface area contributed by atoms with Crippen LogP contribution in [0, 0.1) is 0 Å². The maximum atomic E-state index is 12.4. The summed E-state index contributed by atoms with van der Waals surface area (Å²) in [4.78, 5) is 12.4. The molecule has 2 aromatic rings. The van der Waals surface area contributed by atoms with Gasteiger partial charge in [-0.25, -0.2) is 0 Å². The molecule has 0 aliphatic heterocycles. The summed E-state index contributed by atoms with van der Waals surface area (Å²) in [6, 6.07) is 2.76. The van der Waals surface area contributed by atoms with Crippen LogP contribution in [0.1, 0.15) is 11.4 Å². The van der Waals surface area contributed by atoms with Gasteiger partial charge in [0, 0.05) is 19.2 Å². The number of hydrogen-bond acceptors (Lipinski definition) is 6. The Morgan fingerprint density at radius 3 is 2.48 bits per heavy atom. The average Bonchev–Trinajstić information content (AvgIpc) is 2.47. The molecule has 2 rings (SSSR count). The topological polar surface area (TPSA) is 86.0 Å². The second-order valence-corrected chi connectivity index (χ2v) is 7.21. The molecule has 0 bridgehead atoms. The molecule has 0 aliphatic carbocycles. The van der Waals surface area contributed by atoms with Gasteiger partial charge in [0.2, 0.25) is 0 Å². The van der Waals surface area contributed by atoms with E-state index in [0.717, 1.165) is 20.5 Å². The zero-order chi connectivity index (χ0) is 15.8. The lowest BCUT2D eigenvalue weighted by Gasteiger charge is -2.19. The highest BCUT2D eigenvalue weighted by molar-refractivity contribution is 7.53. The Bertz CT molecular complexity index is 779. The van der Waals surface area contributed by atoms with Crippen LogP contribution >= 0.6 is 30.8 Å². The molecule has 0 spiro atoms. The van der Waals surface area contributed by atoms with E-state index in [4.69, 9.17) is 27.6 Å². The maximum Gasteiger partial charge on any atom is 0.363 e. The van der Waals surface area contributed by atoms with Crippen LogP contribution in [0.4, 0.5) is 0 Å². The normalized spacial score (nSPS) is 13.6. The van der Waals surface area contributed by atoms with Crippen molar-refractivity contribution in [3.8, 4) is 0 Å². The van der Waals surface area contributed by atoms with Crippen LogP contribution in [-0.4, -0.2) is 19.3 Å². The number of aliphatic hydroxyl groups is 1. The van der Waals surface area contributed by atoms with Crippen molar-refractivity contribution in [3.63, 3.8) is 0 Å². The molecule has 0 amide bonds. The maximum absolute atomic E-state index is 12.4. The van der Waals surface area contributed by atoms with E-state index in [1.54, 1.807) is 0 Å². The largest absolute Gasteiger partial charge is 0.462 e. The molecule has 1 N–H and O–H groups in total. The summed E-state index contributed by atoms with van der Waals surface area (Å²) in [7, 11) is -1.69. The molecule has 0 radical (unpaired) electrons. The zero-order valence-electron chi connectivity index (χ0n) is 11.0. The van der Waals surface area contributed by atoms with Crippen molar-refractivity contribution >= 4 is 41.8 Å². The van der Waals surface area contributed by atoms with E-state index >= 15 is 0 Å². The van der Waals surface area contributed by atoms with Crippen molar-refractivity contribution < 1.29 is 23.1 Å². The molecule has 0 saturated carbocycles. The van der Waals surface area contributed by atoms with E-state index in [1.165, 1.54) is 12.1 Å². The predicted octanol–water partition coefficient (Wildman–Crippen LogP) is 3.58. The SMILES string of the molecule is COP(=O)(OC)C(O)c1coc2c(Cl)cc(Cl)cc2c1=O. The Morgan fingerprint density at radius 2 is 1.90 bits per heavy atom. The van der Waals surface area contributed by atoms with Gasteiger partial charge in [0.05, 0.1) is 16.0 Å². The first kappa shape index (κ1) is 16.5. The van der Waals surface area contributed by atoms with Crippen LogP contribution in [-0.2, 0) is 13.6 Å². The smallest absolute Gasteiger partial charge is 0.363 e. The molecule has 0 aliphatic rings. The van der Waals surface area contributed by atoms with Crippen LogP contribution in [0.25, 0.3) is 11.0 Å². The molecule has 1 atom stereocenters. The number of benzene rings is 1. The Hall–Kier alpha value is -0.880. The van der Waals surface area contributed by atoms with Crippen molar-refractivity contribution in [2.45, 2.75) is 5.85 Å². The lowest BCUT2D eigenvalue weighted by Crippen LogP contribution is -2.15. The van der Waals surface area contributed by atoms with Crippen LogP contribution in [0.2, 0.25) is 10.0 Å². The third-order valence-corrected chi connectivity index (χ3v) is 5.30. The van der Waals surface area contributed by atoms with E-state index in [-0.39, 0.29) is 26.6 Å². The van der Waals surface area contributed by atoms with Crippen LogP contribution in [0.5, 0.6) is 0 Å². The molecular formula is C12H11Cl2O6P. The van der Waals surface area contributed by atoms with Gasteiger partial charge in [-0.1, -0.05) is 23.2 Å². The third-order valence-electron chi connectivity index (χ3n) is 2.91. The van der Waals surface area contributed by atoms with Gasteiger partial charge in [-0.05, 0) is 12.1 Å². The average molecular weight is 353 g/mol. The van der Waals surface area contributed by atoms with Gasteiger partial charge in [-0.3, -0.25) is 9.36 Å². The zero-order valence-corrected chi connectivity index (χ0v) is 13.4. The number of fused-ring (bicyclic) bond motifs is 1. The van der Waals surface area contributed by atoms with Gasteiger partial charge in [-0.2, -0.15) is 0 Å². The van der Waals surface area contributed by atoms with E-state index in [1.807, 2.05) is 0 Å². The summed E-state index contributed by atoms with van der Waals surface area (Å²) in [5.74, 6) is -1.79. The van der Waals surface area contributed by atoms with Crippen molar-refractivity contribution in [2.24, 2.45) is 0 Å². The van der Waals surface area contributed by atoms with Gasteiger partial charge in [0.15, 0.2) is 16.9 Å². The summed E-state index contributed by atoms with van der Waals surface area (Å²) in [5.41, 5.74) is -0.776. The second-order valence-electron chi connectivity index (χ2n) is 4.06. The lowest BCUT2D eigenvalue weighted by atomic mass is 10.2. The van der Waals surface area contributed by atoms with Crippen LogP contribution in [0.15, 0.2) is 27.6 Å². The molecule has 0 saturated heterocycles. The van der Waals surface area contributed by atoms with Crippen molar-refractivity contribution in [1.82, 2.24) is 0 Å². The van der Waals surface area contributed by atoms with E-state index in [9.17, 15) is 14.5 Å². The van der Waals surface area contributed by atoms with Gasteiger partial charge in [-0.15, -0.1) is 0 Å². The van der Waals surface area contributed by atoms with Crippen molar-refractivity contribution in [1.29, 1.82) is 0 Å². The van der Waals surface area contributed by atoms with Crippen LogP contribution < -0.4 is 5.43 Å². The molecule has 1 aromatic carbocycles.